The fourth-order valence-electron chi connectivity index (χ4n) is 7.67. The number of carbonyl (C=O) groups is 1. The van der Waals surface area contributed by atoms with Crippen molar-refractivity contribution in [2.45, 2.75) is 48.5 Å². The smallest absolute Gasteiger partial charge is 0.336 e. The molecule has 2 aliphatic heterocycles. The van der Waals surface area contributed by atoms with Crippen molar-refractivity contribution in [2.75, 3.05) is 25.6 Å². The number of hydrogen-bond donors (Lipinski definition) is 11. The van der Waals surface area contributed by atoms with Gasteiger partial charge in [0.05, 0.1) is 0 Å². The fraction of sp³-hybridized carbons (Fsp3) is 0.300. The standard InChI is InChI=1S/C40H40N4O14/c41-31-9-8-24(44-31)27(47)17-54-22-6-4-20(5-7-22)28-13-26(46)32-29(56-28)14-30(34(33(32)48)55-16-19-2-1-3-21(45)12-19)57-38-39(52)11-10-23(25-15-42-18-43-25)40(53,37(39)51)35(58-38)36(49)50/h1-14,23,25,27,35,37-38,42-45,47-48,51-53H,15-18,41H2,(H,49,50)/t23-,25+,27+,35-,37+,38-,39-,40-/m1/s1. The highest BCUT2D eigenvalue weighted by atomic mass is 16.7. The number of aromatic amines is 1. The Hall–Kier alpha value is -6.12. The highest BCUT2D eigenvalue weighted by molar-refractivity contribution is 5.89. The van der Waals surface area contributed by atoms with Gasteiger partial charge >= 0.3 is 5.97 Å². The molecule has 18 nitrogen and oxygen atoms in total. The van der Waals surface area contributed by atoms with Gasteiger partial charge in [-0.05, 0) is 60.2 Å². The number of fused-ring (bicyclic) bond motifs is 3. The molecule has 0 unspecified atom stereocenters. The number of nitrogen functional groups attached to an aromatic ring is 1. The number of nitrogens with two attached hydrogens (primary N) is 1. The number of carboxylic acid groups (broad SMARTS) is 1. The Kier molecular flexibility index (Phi) is 10.0. The van der Waals surface area contributed by atoms with E-state index in [0.717, 1.165) is 12.1 Å². The molecule has 8 rings (SSSR count). The van der Waals surface area contributed by atoms with Crippen LogP contribution in [0.15, 0.2) is 94.2 Å². The third-order valence-corrected chi connectivity index (χ3v) is 10.6. The normalized spacial score (nSPS) is 27.0. The quantitative estimate of drug-likeness (QED) is 0.0790. The SMILES string of the molecule is Nc1ccc([C@@H](O)COc2ccc(-c3cc(=O)c4c(O)c(OCc5cccc(O)c5)c(O[C@@H]5O[C@H](C(=O)O)[C@]6(O)[C@@H]([C@@H]7CNCN7)C=C[C@@]5(O)[C@@H]6O)cc4o3)cc2)[nH]1. The molecule has 18 heteroatoms. The number of nitrogens with one attached hydrogen (secondary N) is 3. The lowest BCUT2D eigenvalue weighted by Crippen LogP contribution is -2.79. The number of rotatable bonds is 12. The maximum atomic E-state index is 13.7. The predicted octanol–water partition coefficient (Wildman–Crippen LogP) is 1.19. The third kappa shape index (κ3) is 6.85. The Labute approximate surface area is 328 Å². The molecule has 3 aliphatic rings. The summed E-state index contributed by atoms with van der Waals surface area (Å²) in [6.45, 7) is 0.320. The zero-order valence-electron chi connectivity index (χ0n) is 30.4. The summed E-state index contributed by atoms with van der Waals surface area (Å²) in [6, 6.07) is 17.4. The van der Waals surface area contributed by atoms with E-state index in [1.54, 1.807) is 48.5 Å². The van der Waals surface area contributed by atoms with Gasteiger partial charge in [0.15, 0.2) is 28.6 Å². The van der Waals surface area contributed by atoms with E-state index in [4.69, 9.17) is 29.1 Å². The summed E-state index contributed by atoms with van der Waals surface area (Å²) in [5, 5.41) is 83.5. The van der Waals surface area contributed by atoms with Crippen molar-refractivity contribution in [3.8, 4) is 40.1 Å². The molecule has 2 aromatic heterocycles. The molecular formula is C40H40N4O14. The number of ether oxygens (including phenoxy) is 4. The lowest BCUT2D eigenvalue weighted by Gasteiger charge is -2.56. The molecule has 3 aromatic carbocycles. The van der Waals surface area contributed by atoms with Gasteiger partial charge < -0.3 is 75.1 Å². The van der Waals surface area contributed by atoms with Crippen LogP contribution in [0.4, 0.5) is 5.82 Å². The molecule has 58 heavy (non-hydrogen) atoms. The summed E-state index contributed by atoms with van der Waals surface area (Å²) < 4.78 is 29.6. The highest BCUT2D eigenvalue weighted by Gasteiger charge is 2.70. The molecule has 2 bridgehead atoms. The second-order valence-electron chi connectivity index (χ2n) is 14.4. The number of aliphatic carboxylic acids is 1. The molecule has 0 spiro atoms. The van der Waals surface area contributed by atoms with Gasteiger partial charge in [-0.25, -0.2) is 4.79 Å². The molecule has 8 atom stereocenters. The van der Waals surface area contributed by atoms with Crippen molar-refractivity contribution >= 4 is 22.8 Å². The number of anilines is 1. The number of phenols is 2. The van der Waals surface area contributed by atoms with Crippen LogP contribution in [-0.2, 0) is 16.1 Å². The van der Waals surface area contributed by atoms with Gasteiger partial charge in [-0.15, -0.1) is 0 Å². The van der Waals surface area contributed by atoms with Crippen LogP contribution < -0.4 is 36.0 Å². The summed E-state index contributed by atoms with van der Waals surface area (Å²) in [6.07, 6.45) is -4.74. The van der Waals surface area contributed by atoms with E-state index < -0.39 is 76.4 Å². The lowest BCUT2D eigenvalue weighted by molar-refractivity contribution is -0.342. The number of benzene rings is 3. The number of aromatic nitrogens is 1. The van der Waals surface area contributed by atoms with Crippen LogP contribution in [0.1, 0.15) is 17.4 Å². The third-order valence-electron chi connectivity index (χ3n) is 10.6. The molecule has 4 heterocycles. The van der Waals surface area contributed by atoms with Crippen molar-refractivity contribution in [3.63, 3.8) is 0 Å². The van der Waals surface area contributed by atoms with Crippen LogP contribution in [0.25, 0.3) is 22.3 Å². The summed E-state index contributed by atoms with van der Waals surface area (Å²) in [5.41, 5.74) is 1.04. The lowest BCUT2D eigenvalue weighted by atomic mass is 9.63. The minimum absolute atomic E-state index is 0.0555. The van der Waals surface area contributed by atoms with Crippen LogP contribution in [0, 0.1) is 5.92 Å². The van der Waals surface area contributed by atoms with Crippen LogP contribution in [0.5, 0.6) is 28.7 Å². The van der Waals surface area contributed by atoms with Crippen LogP contribution in [-0.4, -0.2) is 102 Å². The van der Waals surface area contributed by atoms with Crippen LogP contribution >= 0.6 is 0 Å². The molecular weight excluding hydrogens is 760 g/mol. The molecule has 304 valence electrons. The van der Waals surface area contributed by atoms with Crippen molar-refractivity contribution in [1.82, 2.24) is 15.6 Å². The Morgan fingerprint density at radius 2 is 1.83 bits per heavy atom. The largest absolute Gasteiger partial charge is 0.508 e. The van der Waals surface area contributed by atoms with Gasteiger partial charge in [0.25, 0.3) is 0 Å². The predicted molar refractivity (Wildman–Crippen MR) is 203 cm³/mol. The van der Waals surface area contributed by atoms with E-state index in [1.807, 2.05) is 0 Å². The molecule has 0 amide bonds. The van der Waals surface area contributed by atoms with Gasteiger partial charge in [0, 0.05) is 48.6 Å². The average Bonchev–Trinajstić information content (AvgIpc) is 3.89. The first-order valence-corrected chi connectivity index (χ1v) is 18.2. The van der Waals surface area contributed by atoms with E-state index in [-0.39, 0.29) is 35.7 Å². The summed E-state index contributed by atoms with van der Waals surface area (Å²) in [5.74, 6) is -3.50. The number of hydrogen-bond acceptors (Lipinski definition) is 16. The summed E-state index contributed by atoms with van der Waals surface area (Å²) in [4.78, 5) is 29.1. The number of aliphatic hydroxyl groups is 4. The van der Waals surface area contributed by atoms with E-state index >= 15 is 0 Å². The zero-order valence-corrected chi connectivity index (χ0v) is 30.4. The number of phenolic OH excluding ortho intramolecular Hbond substituents is 2. The van der Waals surface area contributed by atoms with Crippen LogP contribution in [0.3, 0.4) is 0 Å². The first-order valence-electron chi connectivity index (χ1n) is 18.2. The Bertz CT molecular complexity index is 2430. The van der Waals surface area contributed by atoms with Crippen molar-refractivity contribution < 1.29 is 63.9 Å². The van der Waals surface area contributed by atoms with Crippen LogP contribution in [0.2, 0.25) is 0 Å². The van der Waals surface area contributed by atoms with Gasteiger partial charge in [-0.2, -0.15) is 0 Å². The van der Waals surface area contributed by atoms with Crippen molar-refractivity contribution in [1.29, 1.82) is 0 Å². The maximum absolute atomic E-state index is 13.7. The number of aliphatic hydroxyl groups excluding tert-OH is 2. The number of H-pyrrole nitrogens is 1. The van der Waals surface area contributed by atoms with E-state index in [1.165, 1.54) is 24.3 Å². The van der Waals surface area contributed by atoms with Gasteiger partial charge in [0.2, 0.25) is 12.0 Å². The molecule has 1 aliphatic carbocycles. The second-order valence-corrected chi connectivity index (χ2v) is 14.4. The maximum Gasteiger partial charge on any atom is 0.336 e. The average molecular weight is 801 g/mol. The zero-order chi connectivity index (χ0) is 40.9. The first-order chi connectivity index (χ1) is 27.8. The summed E-state index contributed by atoms with van der Waals surface area (Å²) >= 11 is 0. The molecule has 2 fully saturated rings. The number of carboxylic acids is 1. The number of aromatic hydroxyl groups is 2. The molecule has 0 saturated carbocycles. The minimum Gasteiger partial charge on any atom is -0.508 e. The van der Waals surface area contributed by atoms with Gasteiger partial charge in [-0.3, -0.25) is 10.1 Å². The monoisotopic (exact) mass is 800 g/mol. The van der Waals surface area contributed by atoms with Crippen molar-refractivity contribution in [2.24, 2.45) is 5.92 Å². The molecule has 2 saturated heterocycles. The van der Waals surface area contributed by atoms with E-state index in [0.29, 0.717) is 41.6 Å². The molecule has 0 radical (unpaired) electrons. The topological polar surface area (TPSA) is 292 Å². The second kappa shape index (κ2) is 15.0. The fourth-order valence-corrected chi connectivity index (χ4v) is 7.67. The Balaban J connectivity index is 1.15. The Morgan fingerprint density at radius 3 is 2.52 bits per heavy atom. The first kappa shape index (κ1) is 38.7. The molecule has 12 N–H and O–H groups in total. The van der Waals surface area contributed by atoms with Gasteiger partial charge in [0.1, 0.15) is 65.1 Å². The Morgan fingerprint density at radius 1 is 1.03 bits per heavy atom. The van der Waals surface area contributed by atoms with E-state index in [2.05, 4.69) is 15.6 Å². The summed E-state index contributed by atoms with van der Waals surface area (Å²) in [7, 11) is 0. The van der Waals surface area contributed by atoms with E-state index in [9.17, 15) is 45.3 Å². The van der Waals surface area contributed by atoms with Crippen molar-refractivity contribution in [3.05, 3.63) is 106 Å². The van der Waals surface area contributed by atoms with Gasteiger partial charge in [-0.1, -0.05) is 18.2 Å². The molecule has 5 aromatic rings. The minimum atomic E-state index is -2.55. The highest BCUT2D eigenvalue weighted by Crippen LogP contribution is 2.50.